The second-order valence-electron chi connectivity index (χ2n) is 9.35. The molecule has 1 saturated carbocycles. The minimum Gasteiger partial charge on any atom is -0.391 e. The Kier molecular flexibility index (Phi) is 5.45. The van der Waals surface area contributed by atoms with Crippen LogP contribution in [0, 0.1) is 11.8 Å². The molecule has 2 N–H and O–H groups in total. The van der Waals surface area contributed by atoms with Crippen LogP contribution in [0.1, 0.15) is 23.3 Å². The Morgan fingerprint density at radius 3 is 2.42 bits per heavy atom. The minimum atomic E-state index is -0.335. The highest BCUT2D eigenvalue weighted by molar-refractivity contribution is 5.92. The fraction of sp³-hybridized carbons (Fsp3) is 0.565. The third-order valence-corrected chi connectivity index (χ3v) is 7.37. The Labute approximate surface area is 182 Å². The molecule has 3 heterocycles. The van der Waals surface area contributed by atoms with E-state index in [1.807, 2.05) is 35.2 Å². The van der Waals surface area contributed by atoms with Crippen LogP contribution in [0.5, 0.6) is 0 Å². The lowest BCUT2D eigenvalue weighted by Gasteiger charge is -2.44. The lowest BCUT2D eigenvalue weighted by molar-refractivity contribution is -0.0249. The fourth-order valence-corrected chi connectivity index (χ4v) is 5.56. The van der Waals surface area contributed by atoms with Gasteiger partial charge < -0.3 is 14.9 Å². The number of aromatic nitrogens is 2. The molecule has 2 aromatic rings. The van der Waals surface area contributed by atoms with Gasteiger partial charge in [-0.2, -0.15) is 0 Å². The predicted molar refractivity (Wildman–Crippen MR) is 117 cm³/mol. The molecular weight excluding hydrogens is 394 g/mol. The number of nitrogens with one attached hydrogen (secondary N) is 1. The minimum absolute atomic E-state index is 0.133. The number of aromatic amines is 1. The van der Waals surface area contributed by atoms with Gasteiger partial charge in [0.15, 0.2) is 0 Å². The van der Waals surface area contributed by atoms with Crippen LogP contribution in [-0.2, 0) is 0 Å². The number of benzene rings is 1. The lowest BCUT2D eigenvalue weighted by Crippen LogP contribution is -2.55. The van der Waals surface area contributed by atoms with Crippen molar-refractivity contribution in [3.63, 3.8) is 0 Å². The predicted octanol–water partition coefficient (Wildman–Crippen LogP) is 0.625. The van der Waals surface area contributed by atoms with Gasteiger partial charge in [0.25, 0.3) is 11.5 Å². The fourth-order valence-electron chi connectivity index (χ4n) is 5.56. The normalized spacial score (nSPS) is 29.8. The van der Waals surface area contributed by atoms with E-state index in [-0.39, 0.29) is 23.6 Å². The van der Waals surface area contributed by atoms with Crippen LogP contribution in [0.25, 0.3) is 5.69 Å². The standard InChI is InChI=1S/C23H31N5O3/c1-25-7-9-26(10-8-25)20-11-16-14-27(15-17(16)12-21(20)29)23(31)19-13-22(30)28(24-19)18-5-3-2-4-6-18/h2-6,13,16-17,20-21,24,29H,7-12,14-15H2,1H3/t16-,17+,20-,21-/m1/s1. The van der Waals surface area contributed by atoms with Gasteiger partial charge in [0, 0.05) is 51.4 Å². The second kappa shape index (κ2) is 8.26. The number of rotatable bonds is 3. The summed E-state index contributed by atoms with van der Waals surface area (Å²) < 4.78 is 1.41. The molecule has 3 fully saturated rings. The zero-order valence-electron chi connectivity index (χ0n) is 18.0. The highest BCUT2D eigenvalue weighted by Gasteiger charge is 2.45. The molecule has 166 valence electrons. The van der Waals surface area contributed by atoms with Gasteiger partial charge in [0.1, 0.15) is 5.69 Å². The van der Waals surface area contributed by atoms with Crippen molar-refractivity contribution < 1.29 is 9.90 Å². The number of nitrogens with zero attached hydrogens (tertiary/aromatic N) is 4. The van der Waals surface area contributed by atoms with Crippen LogP contribution < -0.4 is 5.56 Å². The second-order valence-corrected chi connectivity index (χ2v) is 9.35. The average Bonchev–Trinajstić information content (AvgIpc) is 3.37. The van der Waals surface area contributed by atoms with Crippen molar-refractivity contribution in [1.29, 1.82) is 0 Å². The van der Waals surface area contributed by atoms with E-state index in [2.05, 4.69) is 21.9 Å². The van der Waals surface area contributed by atoms with Gasteiger partial charge in [0.2, 0.25) is 0 Å². The van der Waals surface area contributed by atoms with Crippen molar-refractivity contribution in [1.82, 2.24) is 24.5 Å². The number of hydrogen-bond acceptors (Lipinski definition) is 5. The zero-order valence-corrected chi connectivity index (χ0v) is 18.0. The van der Waals surface area contributed by atoms with Crippen molar-refractivity contribution in [2.24, 2.45) is 11.8 Å². The maximum Gasteiger partial charge on any atom is 0.271 e. The van der Waals surface area contributed by atoms with Gasteiger partial charge in [0.05, 0.1) is 11.8 Å². The van der Waals surface area contributed by atoms with Gasteiger partial charge in [-0.05, 0) is 43.9 Å². The van der Waals surface area contributed by atoms with Gasteiger partial charge >= 0.3 is 0 Å². The summed E-state index contributed by atoms with van der Waals surface area (Å²) in [5.41, 5.74) is 0.792. The largest absolute Gasteiger partial charge is 0.391 e. The summed E-state index contributed by atoms with van der Waals surface area (Å²) in [5, 5.41) is 13.8. The third kappa shape index (κ3) is 3.95. The molecule has 1 aromatic heterocycles. The van der Waals surface area contributed by atoms with Gasteiger partial charge in [-0.15, -0.1) is 0 Å². The molecule has 5 rings (SSSR count). The molecule has 3 aliphatic rings. The van der Waals surface area contributed by atoms with Crippen molar-refractivity contribution in [2.75, 3.05) is 46.3 Å². The van der Waals surface area contributed by atoms with Gasteiger partial charge in [-0.3, -0.25) is 19.6 Å². The number of carbonyl (C=O) groups excluding carboxylic acids is 1. The number of carbonyl (C=O) groups is 1. The first-order chi connectivity index (χ1) is 15.0. The van der Waals surface area contributed by atoms with E-state index >= 15 is 0 Å². The number of aliphatic hydroxyl groups excluding tert-OH is 1. The Balaban J connectivity index is 1.27. The number of amides is 1. The summed E-state index contributed by atoms with van der Waals surface area (Å²) in [6.45, 7) is 5.40. The van der Waals surface area contributed by atoms with E-state index in [0.29, 0.717) is 36.3 Å². The maximum absolute atomic E-state index is 13.2. The molecule has 2 saturated heterocycles. The first-order valence-corrected chi connectivity index (χ1v) is 11.3. The molecule has 4 atom stereocenters. The molecule has 8 nitrogen and oxygen atoms in total. The highest BCUT2D eigenvalue weighted by atomic mass is 16.3. The van der Waals surface area contributed by atoms with Crippen LogP contribution in [0.2, 0.25) is 0 Å². The summed E-state index contributed by atoms with van der Waals surface area (Å²) >= 11 is 0. The van der Waals surface area contributed by atoms with Crippen LogP contribution in [0.3, 0.4) is 0 Å². The number of piperazine rings is 1. The van der Waals surface area contributed by atoms with Crippen LogP contribution in [0.4, 0.5) is 0 Å². The lowest BCUT2D eigenvalue weighted by atomic mass is 9.77. The number of likely N-dealkylation sites (tertiary alicyclic amines) is 1. The van der Waals surface area contributed by atoms with Gasteiger partial charge in [-0.25, -0.2) is 4.68 Å². The molecule has 1 amide bonds. The quantitative estimate of drug-likeness (QED) is 0.753. The van der Waals surface area contributed by atoms with E-state index in [0.717, 1.165) is 39.0 Å². The van der Waals surface area contributed by atoms with E-state index in [1.54, 1.807) is 0 Å². The van der Waals surface area contributed by atoms with Crippen molar-refractivity contribution in [3.8, 4) is 5.69 Å². The molecule has 1 aromatic carbocycles. The number of fused-ring (bicyclic) bond motifs is 1. The van der Waals surface area contributed by atoms with E-state index < -0.39 is 0 Å². The molecule has 1 aliphatic carbocycles. The number of aliphatic hydroxyl groups is 1. The van der Waals surface area contributed by atoms with Crippen molar-refractivity contribution in [3.05, 3.63) is 52.4 Å². The monoisotopic (exact) mass is 425 g/mol. The van der Waals surface area contributed by atoms with E-state index in [1.165, 1.54) is 10.7 Å². The summed E-state index contributed by atoms with van der Waals surface area (Å²) in [7, 11) is 2.14. The van der Waals surface area contributed by atoms with Gasteiger partial charge in [-0.1, -0.05) is 18.2 Å². The molecule has 2 aliphatic heterocycles. The molecule has 0 bridgehead atoms. The molecular formula is C23H31N5O3. The molecule has 0 unspecified atom stereocenters. The molecule has 31 heavy (non-hydrogen) atoms. The molecule has 0 spiro atoms. The zero-order chi connectivity index (χ0) is 21.5. The smallest absolute Gasteiger partial charge is 0.271 e. The number of likely N-dealkylation sites (N-methyl/N-ethyl adjacent to an activating group) is 1. The molecule has 0 radical (unpaired) electrons. The van der Waals surface area contributed by atoms with E-state index in [4.69, 9.17) is 0 Å². The van der Waals surface area contributed by atoms with E-state index in [9.17, 15) is 14.7 Å². The number of hydrogen-bond donors (Lipinski definition) is 2. The van der Waals surface area contributed by atoms with Crippen LogP contribution in [-0.4, -0.2) is 94.0 Å². The third-order valence-electron chi connectivity index (χ3n) is 7.37. The number of H-pyrrole nitrogens is 1. The Morgan fingerprint density at radius 2 is 1.71 bits per heavy atom. The van der Waals surface area contributed by atoms with Crippen molar-refractivity contribution >= 4 is 5.91 Å². The summed E-state index contributed by atoms with van der Waals surface area (Å²) in [6.07, 6.45) is 1.34. The van der Waals surface area contributed by atoms with Crippen LogP contribution >= 0.6 is 0 Å². The van der Waals surface area contributed by atoms with Crippen LogP contribution in [0.15, 0.2) is 41.2 Å². The first kappa shape index (κ1) is 20.5. The molecule has 8 heteroatoms. The highest BCUT2D eigenvalue weighted by Crippen LogP contribution is 2.38. The first-order valence-electron chi connectivity index (χ1n) is 11.3. The topological polar surface area (TPSA) is 84.8 Å². The SMILES string of the molecule is CN1CCN([C@@H]2C[C@@H]3CN(C(=O)c4cc(=O)n(-c5ccccc5)[nH]4)C[C@@H]3C[C@H]2O)CC1. The number of para-hydroxylation sites is 1. The Hall–Kier alpha value is -2.42. The summed E-state index contributed by atoms with van der Waals surface area (Å²) in [6, 6.07) is 10.8. The van der Waals surface area contributed by atoms with Crippen molar-refractivity contribution in [2.45, 2.75) is 25.0 Å². The maximum atomic E-state index is 13.2. The summed E-state index contributed by atoms with van der Waals surface area (Å²) in [4.78, 5) is 32.2. The summed E-state index contributed by atoms with van der Waals surface area (Å²) in [5.74, 6) is 0.595. The average molecular weight is 426 g/mol. The Bertz CT molecular complexity index is 979. The Morgan fingerprint density at radius 1 is 1.03 bits per heavy atom.